The third-order valence-corrected chi connectivity index (χ3v) is 4.50. The molecule has 1 aromatic rings. The highest BCUT2D eigenvalue weighted by Gasteiger charge is 2.29. The van der Waals surface area contributed by atoms with Crippen molar-refractivity contribution < 1.29 is 19.8 Å². The Morgan fingerprint density at radius 2 is 1.86 bits per heavy atom. The van der Waals surface area contributed by atoms with E-state index >= 15 is 0 Å². The zero-order valence-corrected chi connectivity index (χ0v) is 13.3. The van der Waals surface area contributed by atoms with Gasteiger partial charge in [-0.2, -0.15) is 0 Å². The molecule has 2 aliphatic heterocycles. The van der Waals surface area contributed by atoms with Crippen molar-refractivity contribution in [3.63, 3.8) is 0 Å². The van der Waals surface area contributed by atoms with Crippen LogP contribution in [0.15, 0.2) is 33.7 Å². The van der Waals surface area contributed by atoms with Crippen LogP contribution < -0.4 is 0 Å². The van der Waals surface area contributed by atoms with Crippen LogP contribution in [-0.4, -0.2) is 51.1 Å². The quantitative estimate of drug-likeness (QED) is 0.733. The molecule has 0 unspecified atom stereocenters. The van der Waals surface area contributed by atoms with Gasteiger partial charge in [-0.25, -0.2) is 9.59 Å². The SMILES string of the molecule is Brc1ccc([C@H]2CN3CCSC3=N2)cc1.O=C(O)C(=O)O. The Morgan fingerprint density at radius 1 is 1.24 bits per heavy atom. The number of amidine groups is 1. The van der Waals surface area contributed by atoms with Crippen LogP contribution in [0.25, 0.3) is 0 Å². The van der Waals surface area contributed by atoms with Gasteiger partial charge in [-0.3, -0.25) is 4.99 Å². The molecule has 0 radical (unpaired) electrons. The highest BCUT2D eigenvalue weighted by molar-refractivity contribution is 9.10. The third-order valence-electron chi connectivity index (χ3n) is 2.96. The van der Waals surface area contributed by atoms with E-state index in [1.54, 1.807) is 0 Å². The van der Waals surface area contributed by atoms with Crippen molar-refractivity contribution >= 4 is 44.8 Å². The van der Waals surface area contributed by atoms with Gasteiger partial charge < -0.3 is 15.1 Å². The lowest BCUT2D eigenvalue weighted by Crippen LogP contribution is -2.21. The van der Waals surface area contributed by atoms with Crippen LogP contribution in [0.1, 0.15) is 11.6 Å². The molecule has 2 N–H and O–H groups in total. The van der Waals surface area contributed by atoms with E-state index in [0.717, 1.165) is 17.6 Å². The van der Waals surface area contributed by atoms with Crippen molar-refractivity contribution in [1.29, 1.82) is 0 Å². The molecule has 2 heterocycles. The van der Waals surface area contributed by atoms with Gasteiger partial charge in [0.15, 0.2) is 5.17 Å². The minimum absolute atomic E-state index is 0.348. The Labute approximate surface area is 134 Å². The third kappa shape index (κ3) is 4.21. The average Bonchev–Trinajstić information content (AvgIpc) is 3.01. The number of carboxylic acid groups (broad SMARTS) is 2. The largest absolute Gasteiger partial charge is 0.473 e. The summed E-state index contributed by atoms with van der Waals surface area (Å²) in [4.78, 5) is 25.3. The summed E-state index contributed by atoms with van der Waals surface area (Å²) in [6.45, 7) is 2.22. The molecule has 1 saturated heterocycles. The zero-order chi connectivity index (χ0) is 15.4. The number of benzene rings is 1. The van der Waals surface area contributed by atoms with E-state index in [9.17, 15) is 0 Å². The van der Waals surface area contributed by atoms with Gasteiger partial charge in [-0.05, 0) is 17.7 Å². The monoisotopic (exact) mass is 372 g/mol. The van der Waals surface area contributed by atoms with E-state index in [4.69, 9.17) is 24.8 Å². The van der Waals surface area contributed by atoms with Crippen molar-refractivity contribution in [3.8, 4) is 0 Å². The smallest absolute Gasteiger partial charge is 0.414 e. The van der Waals surface area contributed by atoms with Gasteiger partial charge >= 0.3 is 11.9 Å². The molecule has 6 nitrogen and oxygen atoms in total. The number of rotatable bonds is 1. The first-order valence-electron chi connectivity index (χ1n) is 6.14. The van der Waals surface area contributed by atoms with E-state index < -0.39 is 11.9 Å². The number of aliphatic imine (C=N–C) groups is 1. The molecule has 0 bridgehead atoms. The van der Waals surface area contributed by atoms with Crippen molar-refractivity contribution in [2.24, 2.45) is 4.99 Å². The average molecular weight is 373 g/mol. The number of hydrogen-bond acceptors (Lipinski definition) is 5. The van der Waals surface area contributed by atoms with Crippen LogP contribution in [-0.2, 0) is 9.59 Å². The summed E-state index contributed by atoms with van der Waals surface area (Å²) in [5.41, 5.74) is 1.32. The fraction of sp³-hybridized carbons (Fsp3) is 0.308. The molecule has 0 spiro atoms. The number of halogens is 1. The van der Waals surface area contributed by atoms with Gasteiger partial charge in [0, 0.05) is 23.3 Å². The van der Waals surface area contributed by atoms with E-state index in [0.29, 0.717) is 6.04 Å². The van der Waals surface area contributed by atoms with Gasteiger partial charge in [-0.1, -0.05) is 39.8 Å². The molecule has 1 fully saturated rings. The maximum absolute atomic E-state index is 9.10. The molecule has 1 atom stereocenters. The topological polar surface area (TPSA) is 90.2 Å². The number of thioether (sulfide) groups is 1. The lowest BCUT2D eigenvalue weighted by molar-refractivity contribution is -0.159. The van der Waals surface area contributed by atoms with Crippen LogP contribution in [0.4, 0.5) is 0 Å². The van der Waals surface area contributed by atoms with Crippen molar-refractivity contribution in [1.82, 2.24) is 4.90 Å². The summed E-state index contributed by atoms with van der Waals surface area (Å²) in [6.07, 6.45) is 0. The Morgan fingerprint density at radius 3 is 2.38 bits per heavy atom. The minimum atomic E-state index is -1.82. The molecule has 3 rings (SSSR count). The van der Waals surface area contributed by atoms with Crippen molar-refractivity contribution in [2.45, 2.75) is 6.04 Å². The molecule has 1 aromatic carbocycles. The predicted octanol–water partition coefficient (Wildman–Crippen LogP) is 2.06. The summed E-state index contributed by atoms with van der Waals surface area (Å²) in [6, 6.07) is 8.84. The maximum atomic E-state index is 9.10. The highest BCUT2D eigenvalue weighted by atomic mass is 79.9. The van der Waals surface area contributed by atoms with Crippen molar-refractivity contribution in [2.75, 3.05) is 18.8 Å². The number of nitrogens with zero attached hydrogens (tertiary/aromatic N) is 2. The molecule has 112 valence electrons. The molecule has 0 aromatic heterocycles. The van der Waals surface area contributed by atoms with E-state index in [1.807, 2.05) is 11.8 Å². The molecule has 21 heavy (non-hydrogen) atoms. The highest BCUT2D eigenvalue weighted by Crippen LogP contribution is 2.32. The summed E-state index contributed by atoms with van der Waals surface area (Å²) in [5.74, 6) is -2.45. The van der Waals surface area contributed by atoms with Crippen LogP contribution in [0.5, 0.6) is 0 Å². The molecule has 0 aliphatic carbocycles. The van der Waals surface area contributed by atoms with Gasteiger partial charge in [0.25, 0.3) is 0 Å². The molecule has 2 aliphatic rings. The van der Waals surface area contributed by atoms with E-state index in [2.05, 4.69) is 45.1 Å². The maximum Gasteiger partial charge on any atom is 0.414 e. The lowest BCUT2D eigenvalue weighted by atomic mass is 10.1. The van der Waals surface area contributed by atoms with Crippen LogP contribution >= 0.6 is 27.7 Å². The summed E-state index contributed by atoms with van der Waals surface area (Å²) >= 11 is 5.33. The minimum Gasteiger partial charge on any atom is -0.473 e. The number of carbonyl (C=O) groups is 2. The van der Waals surface area contributed by atoms with Crippen LogP contribution in [0.2, 0.25) is 0 Å². The first-order chi connectivity index (χ1) is 9.97. The van der Waals surface area contributed by atoms with Crippen molar-refractivity contribution in [3.05, 3.63) is 34.3 Å². The summed E-state index contributed by atoms with van der Waals surface area (Å²) < 4.78 is 1.13. The predicted molar refractivity (Wildman–Crippen MR) is 83.6 cm³/mol. The molecular formula is C13H13BrN2O4S. The first kappa shape index (κ1) is 15.8. The van der Waals surface area contributed by atoms with Gasteiger partial charge in [0.05, 0.1) is 6.04 Å². The lowest BCUT2D eigenvalue weighted by Gasteiger charge is -2.12. The fourth-order valence-corrected chi connectivity index (χ4v) is 3.28. The second-order valence-electron chi connectivity index (χ2n) is 4.38. The Kier molecular flexibility index (Phi) is 5.24. The van der Waals surface area contributed by atoms with E-state index in [1.165, 1.54) is 16.5 Å². The van der Waals surface area contributed by atoms with Gasteiger partial charge in [-0.15, -0.1) is 0 Å². The van der Waals surface area contributed by atoms with Crippen LogP contribution in [0, 0.1) is 0 Å². The second-order valence-corrected chi connectivity index (χ2v) is 6.36. The number of hydrogen-bond donors (Lipinski definition) is 2. The molecule has 8 heteroatoms. The van der Waals surface area contributed by atoms with Gasteiger partial charge in [0.1, 0.15) is 0 Å². The Balaban J connectivity index is 0.000000232. The second kappa shape index (κ2) is 6.95. The number of fused-ring (bicyclic) bond motifs is 1. The summed E-state index contributed by atoms with van der Waals surface area (Å²) in [7, 11) is 0. The molecule has 0 amide bonds. The van der Waals surface area contributed by atoms with E-state index in [-0.39, 0.29) is 0 Å². The standard InChI is InChI=1S/C11H11BrN2S.C2H2O4/c12-9-3-1-8(2-4-9)10-7-14-5-6-15-11(14)13-10;3-1(4)2(5)6/h1-4,10H,5-7H2;(H,3,4)(H,5,6)/t10-;/m1./s1. The molecule has 0 saturated carbocycles. The number of aliphatic carboxylic acids is 2. The molecular weight excluding hydrogens is 360 g/mol. The Bertz CT molecular complexity index is 564. The zero-order valence-electron chi connectivity index (χ0n) is 10.9. The van der Waals surface area contributed by atoms with Crippen LogP contribution in [0.3, 0.4) is 0 Å². The van der Waals surface area contributed by atoms with Gasteiger partial charge in [0.2, 0.25) is 0 Å². The number of carboxylic acids is 2. The Hall–Kier alpha value is -1.54. The first-order valence-corrected chi connectivity index (χ1v) is 7.92. The normalized spacial score (nSPS) is 19.4. The summed E-state index contributed by atoms with van der Waals surface area (Å²) in [5, 5.41) is 16.0. The fourth-order valence-electron chi connectivity index (χ4n) is 1.97.